The first-order valence-corrected chi connectivity index (χ1v) is 11.1. The van der Waals surface area contributed by atoms with Crippen LogP contribution in [0.4, 0.5) is 4.79 Å². The van der Waals surface area contributed by atoms with Crippen LogP contribution in [0.5, 0.6) is 5.75 Å². The molecule has 0 unspecified atom stereocenters. The first-order valence-electron chi connectivity index (χ1n) is 9.51. The molecule has 4 rings (SSSR count). The van der Waals surface area contributed by atoms with Gasteiger partial charge in [-0.1, -0.05) is 50.1 Å². The van der Waals surface area contributed by atoms with E-state index in [1.165, 1.54) is 4.90 Å². The fraction of sp³-hybridized carbons (Fsp3) is 0.381. The number of carbonyl (C=O) groups is 1. The third-order valence-electron chi connectivity index (χ3n) is 5.36. The van der Waals surface area contributed by atoms with Crippen molar-refractivity contribution in [2.45, 2.75) is 18.8 Å². The van der Waals surface area contributed by atoms with Crippen LogP contribution < -0.4 is 4.74 Å². The molecule has 2 aliphatic heterocycles. The van der Waals surface area contributed by atoms with Crippen molar-refractivity contribution < 1.29 is 19.4 Å². The van der Waals surface area contributed by atoms with Crippen LogP contribution in [0.25, 0.3) is 0 Å². The Balaban J connectivity index is 1.53. The van der Waals surface area contributed by atoms with Crippen molar-refractivity contribution >= 4 is 38.0 Å². The minimum absolute atomic E-state index is 0.0338. The summed E-state index contributed by atoms with van der Waals surface area (Å²) in [4.78, 5) is 15.1. The van der Waals surface area contributed by atoms with Gasteiger partial charge in [0.05, 0.1) is 12.6 Å². The highest BCUT2D eigenvalue weighted by Crippen LogP contribution is 2.38. The molecule has 0 bridgehead atoms. The Bertz CT molecular complexity index is 866. The van der Waals surface area contributed by atoms with Crippen LogP contribution in [0, 0.1) is 0 Å². The van der Waals surface area contributed by atoms with E-state index in [0.29, 0.717) is 39.4 Å². The number of nitrogens with zero attached hydrogens (tertiary/aromatic N) is 2. The maximum atomic E-state index is 11.3. The minimum Gasteiger partial charge on any atom is -0.490 e. The molecule has 6 nitrogen and oxygen atoms in total. The number of amides is 1. The Kier molecular flexibility index (Phi) is 6.44. The van der Waals surface area contributed by atoms with Gasteiger partial charge < -0.3 is 19.5 Å². The molecular formula is C21H22Br2N2O4. The molecule has 0 spiro atoms. The van der Waals surface area contributed by atoms with E-state index in [4.69, 9.17) is 9.47 Å². The summed E-state index contributed by atoms with van der Waals surface area (Å²) >= 11 is 7.04. The lowest BCUT2D eigenvalue weighted by molar-refractivity contribution is -0.0670. The highest BCUT2D eigenvalue weighted by molar-refractivity contribution is 9.11. The Hall–Kier alpha value is -1.61. The van der Waals surface area contributed by atoms with Gasteiger partial charge in [0.25, 0.3) is 0 Å². The van der Waals surface area contributed by atoms with Crippen LogP contribution in [-0.2, 0) is 11.3 Å². The minimum atomic E-state index is -0.856. The van der Waals surface area contributed by atoms with E-state index < -0.39 is 6.09 Å². The van der Waals surface area contributed by atoms with Crippen LogP contribution in [0.2, 0.25) is 0 Å². The van der Waals surface area contributed by atoms with E-state index in [9.17, 15) is 9.90 Å². The highest BCUT2D eigenvalue weighted by atomic mass is 79.9. The molecule has 2 aliphatic rings. The maximum Gasteiger partial charge on any atom is 0.407 e. The van der Waals surface area contributed by atoms with E-state index in [1.54, 1.807) is 0 Å². The number of benzene rings is 2. The summed E-state index contributed by atoms with van der Waals surface area (Å²) in [6.45, 7) is 3.29. The van der Waals surface area contributed by atoms with Crippen molar-refractivity contribution in [3.05, 3.63) is 62.5 Å². The molecule has 0 aliphatic carbocycles. The second-order valence-electron chi connectivity index (χ2n) is 7.23. The van der Waals surface area contributed by atoms with E-state index in [0.717, 1.165) is 25.8 Å². The summed E-state index contributed by atoms with van der Waals surface area (Å²) in [5, 5.41) is 9.25. The van der Waals surface area contributed by atoms with Crippen LogP contribution in [0.3, 0.4) is 0 Å². The summed E-state index contributed by atoms with van der Waals surface area (Å²) in [6, 6.07) is 14.2. The zero-order valence-electron chi connectivity index (χ0n) is 15.8. The number of para-hydroxylation sites is 1. The molecule has 0 aromatic heterocycles. The Morgan fingerprint density at radius 3 is 2.48 bits per heavy atom. The molecule has 1 saturated heterocycles. The van der Waals surface area contributed by atoms with Gasteiger partial charge in [-0.15, -0.1) is 0 Å². The quantitative estimate of drug-likeness (QED) is 0.635. The predicted octanol–water partition coefficient (Wildman–Crippen LogP) is 4.53. The van der Waals surface area contributed by atoms with Gasteiger partial charge in [-0.25, -0.2) is 4.79 Å². The smallest absolute Gasteiger partial charge is 0.407 e. The molecular weight excluding hydrogens is 504 g/mol. The van der Waals surface area contributed by atoms with Crippen LogP contribution >= 0.6 is 31.9 Å². The Labute approximate surface area is 186 Å². The number of fused-ring (bicyclic) bond motifs is 1. The molecule has 29 heavy (non-hydrogen) atoms. The van der Waals surface area contributed by atoms with Gasteiger partial charge in [-0.05, 0) is 29.8 Å². The van der Waals surface area contributed by atoms with Gasteiger partial charge in [-0.3, -0.25) is 4.90 Å². The summed E-state index contributed by atoms with van der Waals surface area (Å²) in [5.74, 6) is 0.878. The van der Waals surface area contributed by atoms with Crippen molar-refractivity contribution in [3.8, 4) is 5.75 Å². The van der Waals surface area contributed by atoms with Crippen molar-refractivity contribution in [1.82, 2.24) is 9.80 Å². The Morgan fingerprint density at radius 2 is 1.79 bits per heavy atom. The average Bonchev–Trinajstić information content (AvgIpc) is 2.71. The number of halogens is 2. The lowest BCUT2D eigenvalue weighted by Gasteiger charge is -2.43. The molecule has 2 heterocycles. The van der Waals surface area contributed by atoms with Crippen molar-refractivity contribution in [3.63, 3.8) is 0 Å². The molecule has 1 amide bonds. The molecule has 8 heteroatoms. The molecule has 0 saturated carbocycles. The zero-order valence-corrected chi connectivity index (χ0v) is 18.9. The van der Waals surface area contributed by atoms with Crippen molar-refractivity contribution in [2.24, 2.45) is 0 Å². The zero-order chi connectivity index (χ0) is 20.4. The number of ether oxygens (including phenoxy) is 2. The SMILES string of the molecule is O=C(O)N1CCN([C@@H]2c3ccccc3OC[C@H]2OCc2cc(Br)cc(Br)c2)CC1. The van der Waals surface area contributed by atoms with Gasteiger partial charge >= 0.3 is 6.09 Å². The first kappa shape index (κ1) is 20.7. The van der Waals surface area contributed by atoms with E-state index in [2.05, 4.69) is 42.8 Å². The van der Waals surface area contributed by atoms with E-state index in [1.807, 2.05) is 36.4 Å². The average molecular weight is 526 g/mol. The van der Waals surface area contributed by atoms with Crippen LogP contribution in [-0.4, -0.2) is 59.9 Å². The molecule has 154 valence electrons. The normalized spacial score (nSPS) is 22.1. The number of carboxylic acid groups (broad SMARTS) is 1. The monoisotopic (exact) mass is 524 g/mol. The van der Waals surface area contributed by atoms with Crippen LogP contribution in [0.15, 0.2) is 51.4 Å². The van der Waals surface area contributed by atoms with Gasteiger partial charge in [0.1, 0.15) is 18.5 Å². The Morgan fingerprint density at radius 1 is 1.10 bits per heavy atom. The molecule has 1 N–H and O–H groups in total. The fourth-order valence-electron chi connectivity index (χ4n) is 3.98. The number of piperazine rings is 1. The topological polar surface area (TPSA) is 62.2 Å². The van der Waals surface area contributed by atoms with Gasteiger partial charge in [0, 0.05) is 40.7 Å². The lowest BCUT2D eigenvalue weighted by Crippen LogP contribution is -2.53. The summed E-state index contributed by atoms with van der Waals surface area (Å²) in [5.41, 5.74) is 2.17. The summed E-state index contributed by atoms with van der Waals surface area (Å²) in [7, 11) is 0. The largest absolute Gasteiger partial charge is 0.490 e. The molecule has 1 fully saturated rings. The first-order chi connectivity index (χ1) is 14.0. The number of rotatable bonds is 4. The molecule has 2 atom stereocenters. The van der Waals surface area contributed by atoms with Gasteiger partial charge in [0.2, 0.25) is 0 Å². The summed E-state index contributed by atoms with van der Waals surface area (Å²) in [6.07, 6.45) is -0.996. The third-order valence-corrected chi connectivity index (χ3v) is 6.27. The van der Waals surface area contributed by atoms with E-state index in [-0.39, 0.29) is 12.1 Å². The van der Waals surface area contributed by atoms with E-state index >= 15 is 0 Å². The molecule has 2 aromatic carbocycles. The predicted molar refractivity (Wildman–Crippen MR) is 116 cm³/mol. The molecule has 2 aromatic rings. The van der Waals surface area contributed by atoms with Gasteiger partial charge in [0.15, 0.2) is 0 Å². The highest BCUT2D eigenvalue weighted by Gasteiger charge is 2.37. The van der Waals surface area contributed by atoms with Crippen molar-refractivity contribution in [2.75, 3.05) is 32.8 Å². The molecule has 0 radical (unpaired) electrons. The standard InChI is InChI=1S/C21H22Br2N2O4/c22-15-9-14(10-16(23)11-15)12-28-19-13-29-18-4-2-1-3-17(18)20(19)24-5-7-25(8-6-24)21(26)27/h1-4,9-11,19-20H,5-8,12-13H2,(H,26,27)/t19-,20-/m1/s1. The van der Waals surface area contributed by atoms with Gasteiger partial charge in [-0.2, -0.15) is 0 Å². The lowest BCUT2D eigenvalue weighted by atomic mass is 9.95. The van der Waals surface area contributed by atoms with Crippen molar-refractivity contribution in [1.29, 1.82) is 0 Å². The second kappa shape index (κ2) is 9.04. The number of hydrogen-bond acceptors (Lipinski definition) is 4. The summed E-state index contributed by atoms with van der Waals surface area (Å²) < 4.78 is 14.3. The maximum absolute atomic E-state index is 11.3. The number of hydrogen-bond donors (Lipinski definition) is 1. The van der Waals surface area contributed by atoms with Crippen LogP contribution in [0.1, 0.15) is 17.2 Å². The fourth-order valence-corrected chi connectivity index (χ4v) is 5.37. The second-order valence-corrected chi connectivity index (χ2v) is 9.06. The third kappa shape index (κ3) is 4.77.